The van der Waals surface area contributed by atoms with Crippen molar-refractivity contribution in [1.29, 1.82) is 0 Å². The molecule has 2 rings (SSSR count). The number of Topliss-reactive ketones (excluding diaryl/α,β-unsaturated/α-hetero) is 2. The van der Waals surface area contributed by atoms with Crippen molar-refractivity contribution in [2.45, 2.75) is 0 Å². The number of hydrogen-bond acceptors (Lipinski definition) is 4. The van der Waals surface area contributed by atoms with E-state index in [4.69, 9.17) is 0 Å². The lowest BCUT2D eigenvalue weighted by Gasteiger charge is -2.19. The quantitative estimate of drug-likeness (QED) is 0.847. The van der Waals surface area contributed by atoms with Crippen LogP contribution in [0.1, 0.15) is 20.7 Å². The normalized spacial score (nSPS) is 15.1. The third-order valence-electron chi connectivity index (χ3n) is 2.53. The summed E-state index contributed by atoms with van der Waals surface area (Å²) in [5.74, 6) is -0.186. The molecule has 4 heteroatoms. The van der Waals surface area contributed by atoms with E-state index in [1.807, 2.05) is 0 Å². The number of carbonyl (C=O) groups excluding carboxylic acids is 2. The van der Waals surface area contributed by atoms with Crippen LogP contribution < -0.4 is 5.32 Å². The van der Waals surface area contributed by atoms with Crippen LogP contribution >= 0.6 is 11.8 Å². The van der Waals surface area contributed by atoms with E-state index < -0.39 is 0 Å². The molecule has 0 amide bonds. The standard InChI is InChI=1S/C12H11NO2S/c1-13-9-10(14)7-5-3-4-6-8(7)11(15)12(9)16-2/h3-6,13H,1-2H3. The molecule has 0 saturated heterocycles. The molecule has 1 aliphatic rings. The Morgan fingerprint density at radius 1 is 1.06 bits per heavy atom. The second-order valence-electron chi connectivity index (χ2n) is 3.36. The maximum atomic E-state index is 12.1. The number of nitrogens with one attached hydrogen (secondary N) is 1. The van der Waals surface area contributed by atoms with Crippen molar-refractivity contribution >= 4 is 23.3 Å². The van der Waals surface area contributed by atoms with E-state index in [2.05, 4.69) is 5.32 Å². The molecule has 1 aliphatic carbocycles. The fourth-order valence-electron chi connectivity index (χ4n) is 1.77. The van der Waals surface area contributed by atoms with Crippen molar-refractivity contribution < 1.29 is 9.59 Å². The monoisotopic (exact) mass is 233 g/mol. The Labute approximate surface area is 97.9 Å². The Hall–Kier alpha value is -1.55. The largest absolute Gasteiger partial charge is 0.384 e. The highest BCUT2D eigenvalue weighted by atomic mass is 32.2. The summed E-state index contributed by atoms with van der Waals surface area (Å²) in [4.78, 5) is 24.7. The zero-order valence-corrected chi connectivity index (χ0v) is 9.85. The molecule has 82 valence electrons. The van der Waals surface area contributed by atoms with Gasteiger partial charge in [-0.2, -0.15) is 0 Å². The van der Waals surface area contributed by atoms with Gasteiger partial charge in [0.05, 0.1) is 4.91 Å². The van der Waals surface area contributed by atoms with Crippen LogP contribution in [0.25, 0.3) is 0 Å². The Kier molecular flexibility index (Phi) is 2.83. The second kappa shape index (κ2) is 4.14. The summed E-state index contributed by atoms with van der Waals surface area (Å²) < 4.78 is 0. The number of thioether (sulfide) groups is 1. The van der Waals surface area contributed by atoms with E-state index in [1.54, 1.807) is 37.6 Å². The third kappa shape index (κ3) is 1.46. The molecule has 0 saturated carbocycles. The highest BCUT2D eigenvalue weighted by Gasteiger charge is 2.30. The first-order chi connectivity index (χ1) is 7.70. The molecule has 0 spiro atoms. The number of carbonyl (C=O) groups is 2. The summed E-state index contributed by atoms with van der Waals surface area (Å²) in [7, 11) is 1.66. The molecule has 0 aliphatic heterocycles. The van der Waals surface area contributed by atoms with Crippen LogP contribution in [0.5, 0.6) is 0 Å². The summed E-state index contributed by atoms with van der Waals surface area (Å²) in [5, 5.41) is 2.81. The van der Waals surface area contributed by atoms with Gasteiger partial charge in [-0.05, 0) is 6.26 Å². The van der Waals surface area contributed by atoms with Gasteiger partial charge in [-0.1, -0.05) is 24.3 Å². The van der Waals surface area contributed by atoms with E-state index in [1.165, 1.54) is 11.8 Å². The van der Waals surface area contributed by atoms with Gasteiger partial charge in [0, 0.05) is 18.2 Å². The van der Waals surface area contributed by atoms with Crippen molar-refractivity contribution in [1.82, 2.24) is 5.32 Å². The minimum Gasteiger partial charge on any atom is -0.384 e. The van der Waals surface area contributed by atoms with Crippen LogP contribution in [0.15, 0.2) is 34.9 Å². The van der Waals surface area contributed by atoms with Crippen LogP contribution in [-0.4, -0.2) is 24.9 Å². The summed E-state index contributed by atoms with van der Waals surface area (Å²) >= 11 is 1.30. The van der Waals surface area contributed by atoms with E-state index in [-0.39, 0.29) is 11.6 Å². The first-order valence-corrected chi connectivity index (χ1v) is 6.07. The fourth-order valence-corrected chi connectivity index (χ4v) is 2.47. The molecule has 0 atom stereocenters. The number of fused-ring (bicyclic) bond motifs is 1. The van der Waals surface area contributed by atoms with Crippen LogP contribution in [0, 0.1) is 0 Å². The SMILES string of the molecule is CNC1=C(SC)C(=O)c2ccccc2C1=O. The highest BCUT2D eigenvalue weighted by molar-refractivity contribution is 8.03. The Bertz CT molecular complexity index is 460. The van der Waals surface area contributed by atoms with E-state index >= 15 is 0 Å². The summed E-state index contributed by atoms with van der Waals surface area (Å²) in [6.45, 7) is 0. The molecule has 0 bridgehead atoms. The molecule has 3 nitrogen and oxygen atoms in total. The van der Waals surface area contributed by atoms with Crippen molar-refractivity contribution in [3.05, 3.63) is 46.0 Å². The van der Waals surface area contributed by atoms with Gasteiger partial charge in [0.1, 0.15) is 5.70 Å². The predicted octanol–water partition coefficient (Wildman–Crippen LogP) is 1.86. The van der Waals surface area contributed by atoms with E-state index in [9.17, 15) is 9.59 Å². The summed E-state index contributed by atoms with van der Waals surface area (Å²) in [6, 6.07) is 6.91. The molecule has 1 aromatic carbocycles. The van der Waals surface area contributed by atoms with E-state index in [0.717, 1.165) is 0 Å². The smallest absolute Gasteiger partial charge is 0.210 e. The molecule has 0 aromatic heterocycles. The van der Waals surface area contributed by atoms with Gasteiger partial charge in [0.2, 0.25) is 11.6 Å². The lowest BCUT2D eigenvalue weighted by atomic mass is 9.92. The molecular weight excluding hydrogens is 222 g/mol. The first kappa shape index (κ1) is 11.0. The van der Waals surface area contributed by atoms with Gasteiger partial charge < -0.3 is 5.32 Å². The van der Waals surface area contributed by atoms with Gasteiger partial charge in [-0.25, -0.2) is 0 Å². The van der Waals surface area contributed by atoms with E-state index in [0.29, 0.717) is 21.7 Å². The average molecular weight is 233 g/mol. The van der Waals surface area contributed by atoms with Crippen LogP contribution in [0.3, 0.4) is 0 Å². The number of benzene rings is 1. The molecule has 16 heavy (non-hydrogen) atoms. The summed E-state index contributed by atoms with van der Waals surface area (Å²) in [6.07, 6.45) is 1.80. The zero-order chi connectivity index (χ0) is 11.7. The number of likely N-dealkylation sites (N-methyl/N-ethyl adjacent to an activating group) is 1. The Morgan fingerprint density at radius 3 is 2.12 bits per heavy atom. The van der Waals surface area contributed by atoms with Crippen LogP contribution in [0.2, 0.25) is 0 Å². The Balaban J connectivity index is 2.67. The van der Waals surface area contributed by atoms with Crippen molar-refractivity contribution in [3.8, 4) is 0 Å². The number of rotatable bonds is 2. The predicted molar refractivity (Wildman–Crippen MR) is 64.7 cm³/mol. The number of allylic oxidation sites excluding steroid dienone is 2. The average Bonchev–Trinajstić information content (AvgIpc) is 2.33. The molecular formula is C12H11NO2S. The van der Waals surface area contributed by atoms with Crippen molar-refractivity contribution in [2.75, 3.05) is 13.3 Å². The topological polar surface area (TPSA) is 46.2 Å². The van der Waals surface area contributed by atoms with Crippen molar-refractivity contribution in [2.24, 2.45) is 0 Å². The number of hydrogen-bond donors (Lipinski definition) is 1. The number of ketones is 2. The van der Waals surface area contributed by atoms with Gasteiger partial charge in [-0.3, -0.25) is 9.59 Å². The lowest BCUT2D eigenvalue weighted by molar-refractivity contribution is 0.0976. The van der Waals surface area contributed by atoms with Crippen molar-refractivity contribution in [3.63, 3.8) is 0 Å². The van der Waals surface area contributed by atoms with Gasteiger partial charge in [0.15, 0.2) is 0 Å². The van der Waals surface area contributed by atoms with Crippen LogP contribution in [0.4, 0.5) is 0 Å². The third-order valence-corrected chi connectivity index (χ3v) is 3.33. The van der Waals surface area contributed by atoms with Gasteiger partial charge >= 0.3 is 0 Å². The minimum absolute atomic E-state index is 0.0768. The summed E-state index contributed by atoms with van der Waals surface area (Å²) in [5.41, 5.74) is 1.38. The molecule has 0 fully saturated rings. The highest BCUT2D eigenvalue weighted by Crippen LogP contribution is 2.29. The zero-order valence-electron chi connectivity index (χ0n) is 9.03. The minimum atomic E-state index is -0.109. The Morgan fingerprint density at radius 2 is 1.62 bits per heavy atom. The first-order valence-electron chi connectivity index (χ1n) is 4.85. The maximum absolute atomic E-state index is 12.1. The van der Waals surface area contributed by atoms with Gasteiger partial charge in [0.25, 0.3) is 0 Å². The molecule has 0 unspecified atom stereocenters. The molecule has 1 aromatic rings. The second-order valence-corrected chi connectivity index (χ2v) is 4.18. The molecule has 0 heterocycles. The van der Waals surface area contributed by atoms with Gasteiger partial charge in [-0.15, -0.1) is 11.8 Å². The maximum Gasteiger partial charge on any atom is 0.210 e. The molecule has 0 radical (unpaired) electrons. The lowest BCUT2D eigenvalue weighted by Crippen LogP contribution is -2.27. The molecule has 1 N–H and O–H groups in total. The fraction of sp³-hybridized carbons (Fsp3) is 0.167. The van der Waals surface area contributed by atoms with Crippen LogP contribution in [-0.2, 0) is 0 Å².